The summed E-state index contributed by atoms with van der Waals surface area (Å²) in [6, 6.07) is 0.581. The topological polar surface area (TPSA) is 28.2 Å². The van der Waals surface area contributed by atoms with Gasteiger partial charge in [0.2, 0.25) is 0 Å². The maximum Gasteiger partial charge on any atom is 0.107 e. The molecule has 3 nitrogen and oxygen atoms in total. The molecule has 4 heteroatoms. The molecule has 1 atom stereocenters. The zero-order valence-corrected chi connectivity index (χ0v) is 10.5. The van der Waals surface area contributed by atoms with Crippen LogP contribution in [-0.2, 0) is 6.54 Å². The highest BCUT2D eigenvalue weighted by Gasteiger charge is 2.32. The lowest BCUT2D eigenvalue weighted by Gasteiger charge is -2.45. The SMILES string of the molecule is CC1CN(Cc2nccs2)C(C)(C)CN1. The highest BCUT2D eigenvalue weighted by atomic mass is 32.1. The largest absolute Gasteiger partial charge is 0.311 e. The molecule has 1 aromatic rings. The molecule has 0 saturated carbocycles. The van der Waals surface area contributed by atoms with Gasteiger partial charge in [-0.05, 0) is 20.8 Å². The standard InChI is InChI=1S/C11H19N3S/c1-9-6-14(11(2,3)8-13-9)7-10-12-4-5-15-10/h4-5,9,13H,6-8H2,1-3H3. The van der Waals surface area contributed by atoms with Crippen molar-refractivity contribution in [1.29, 1.82) is 0 Å². The molecule has 15 heavy (non-hydrogen) atoms. The second kappa shape index (κ2) is 4.20. The lowest BCUT2D eigenvalue weighted by atomic mass is 9.98. The van der Waals surface area contributed by atoms with Crippen LogP contribution in [-0.4, -0.2) is 34.6 Å². The lowest BCUT2D eigenvalue weighted by Crippen LogP contribution is -2.60. The zero-order chi connectivity index (χ0) is 10.9. The summed E-state index contributed by atoms with van der Waals surface area (Å²) in [5, 5.41) is 6.79. The van der Waals surface area contributed by atoms with E-state index in [0.717, 1.165) is 19.6 Å². The number of rotatable bonds is 2. The van der Waals surface area contributed by atoms with Crippen LogP contribution in [0, 0.1) is 0 Å². The van der Waals surface area contributed by atoms with Gasteiger partial charge < -0.3 is 5.32 Å². The Labute approximate surface area is 95.5 Å². The fraction of sp³-hybridized carbons (Fsp3) is 0.727. The third-order valence-electron chi connectivity index (χ3n) is 3.04. The Balaban J connectivity index is 2.05. The molecule has 1 aromatic heterocycles. The maximum absolute atomic E-state index is 4.36. The summed E-state index contributed by atoms with van der Waals surface area (Å²) in [7, 11) is 0. The molecule has 0 bridgehead atoms. The van der Waals surface area contributed by atoms with Crippen LogP contribution >= 0.6 is 11.3 Å². The molecule has 0 aliphatic carbocycles. The van der Waals surface area contributed by atoms with Crippen molar-refractivity contribution < 1.29 is 0 Å². The third kappa shape index (κ3) is 2.56. The van der Waals surface area contributed by atoms with Crippen molar-refractivity contribution in [2.75, 3.05) is 13.1 Å². The van der Waals surface area contributed by atoms with Crippen molar-refractivity contribution in [2.24, 2.45) is 0 Å². The monoisotopic (exact) mass is 225 g/mol. The molecule has 0 amide bonds. The summed E-state index contributed by atoms with van der Waals surface area (Å²) in [4.78, 5) is 6.88. The second-order valence-electron chi connectivity index (χ2n) is 4.90. The highest BCUT2D eigenvalue weighted by molar-refractivity contribution is 7.09. The van der Waals surface area contributed by atoms with E-state index in [2.05, 4.69) is 36.0 Å². The molecule has 0 aromatic carbocycles. The minimum absolute atomic E-state index is 0.234. The predicted octanol–water partition coefficient (Wildman–Crippen LogP) is 1.72. The van der Waals surface area contributed by atoms with Gasteiger partial charge in [-0.15, -0.1) is 11.3 Å². The fourth-order valence-electron chi connectivity index (χ4n) is 1.95. The summed E-state index contributed by atoms with van der Waals surface area (Å²) in [6.45, 7) is 9.96. The van der Waals surface area contributed by atoms with Crippen LogP contribution in [0.4, 0.5) is 0 Å². The van der Waals surface area contributed by atoms with Crippen molar-refractivity contribution >= 4 is 11.3 Å². The molecule has 1 unspecified atom stereocenters. The van der Waals surface area contributed by atoms with Crippen molar-refractivity contribution in [1.82, 2.24) is 15.2 Å². The van der Waals surface area contributed by atoms with Gasteiger partial charge in [0.25, 0.3) is 0 Å². The van der Waals surface area contributed by atoms with Crippen molar-refractivity contribution in [2.45, 2.75) is 38.9 Å². The van der Waals surface area contributed by atoms with Crippen LogP contribution < -0.4 is 5.32 Å². The van der Waals surface area contributed by atoms with Gasteiger partial charge in [-0.25, -0.2) is 4.98 Å². The van der Waals surface area contributed by atoms with E-state index in [0.29, 0.717) is 6.04 Å². The number of piperazine rings is 1. The fourth-order valence-corrected chi connectivity index (χ4v) is 2.58. The molecule has 1 N–H and O–H groups in total. The summed E-state index contributed by atoms with van der Waals surface area (Å²) in [5.74, 6) is 0. The molecule has 1 aliphatic rings. The zero-order valence-electron chi connectivity index (χ0n) is 9.66. The van der Waals surface area contributed by atoms with Crippen LogP contribution in [0.1, 0.15) is 25.8 Å². The van der Waals surface area contributed by atoms with Gasteiger partial charge in [-0.1, -0.05) is 0 Å². The van der Waals surface area contributed by atoms with Crippen LogP contribution in [0.15, 0.2) is 11.6 Å². The van der Waals surface area contributed by atoms with E-state index >= 15 is 0 Å². The minimum Gasteiger partial charge on any atom is -0.311 e. The molecule has 2 heterocycles. The summed E-state index contributed by atoms with van der Waals surface area (Å²) < 4.78 is 0. The van der Waals surface area contributed by atoms with Crippen LogP contribution in [0.2, 0.25) is 0 Å². The minimum atomic E-state index is 0.234. The molecule has 2 rings (SSSR count). The summed E-state index contributed by atoms with van der Waals surface area (Å²) >= 11 is 1.75. The smallest absolute Gasteiger partial charge is 0.107 e. The maximum atomic E-state index is 4.36. The van der Waals surface area contributed by atoms with Crippen LogP contribution in [0.3, 0.4) is 0 Å². The number of thiazole rings is 1. The Hall–Kier alpha value is -0.450. The Morgan fingerprint density at radius 2 is 2.47 bits per heavy atom. The van der Waals surface area contributed by atoms with E-state index < -0.39 is 0 Å². The van der Waals surface area contributed by atoms with Crippen LogP contribution in [0.5, 0.6) is 0 Å². The molecule has 0 radical (unpaired) electrons. The second-order valence-corrected chi connectivity index (χ2v) is 5.88. The Kier molecular flexibility index (Phi) is 3.09. The van der Waals surface area contributed by atoms with Gasteiger partial charge in [0.15, 0.2) is 0 Å². The van der Waals surface area contributed by atoms with Gasteiger partial charge in [-0.3, -0.25) is 4.90 Å². The number of aromatic nitrogens is 1. The molecule has 1 saturated heterocycles. The molecule has 1 fully saturated rings. The Bertz CT molecular complexity index is 308. The highest BCUT2D eigenvalue weighted by Crippen LogP contribution is 2.21. The molecule has 0 spiro atoms. The van der Waals surface area contributed by atoms with Crippen molar-refractivity contribution in [3.05, 3.63) is 16.6 Å². The average molecular weight is 225 g/mol. The normalized spacial score (nSPS) is 26.7. The first kappa shape index (κ1) is 11.0. The van der Waals surface area contributed by atoms with E-state index in [1.54, 1.807) is 11.3 Å². The number of hydrogen-bond acceptors (Lipinski definition) is 4. The quantitative estimate of drug-likeness (QED) is 0.830. The number of nitrogens with zero attached hydrogens (tertiary/aromatic N) is 2. The third-order valence-corrected chi connectivity index (χ3v) is 3.81. The molecular weight excluding hydrogens is 206 g/mol. The molecular formula is C11H19N3S. The Morgan fingerprint density at radius 1 is 1.67 bits per heavy atom. The average Bonchev–Trinajstić information content (AvgIpc) is 2.65. The number of nitrogens with one attached hydrogen (secondary N) is 1. The van der Waals surface area contributed by atoms with E-state index in [-0.39, 0.29) is 5.54 Å². The molecule has 1 aliphatic heterocycles. The molecule has 84 valence electrons. The Morgan fingerprint density at radius 3 is 3.13 bits per heavy atom. The first-order valence-electron chi connectivity index (χ1n) is 5.45. The summed E-state index contributed by atoms with van der Waals surface area (Å²) in [5.41, 5.74) is 0.234. The predicted molar refractivity (Wildman–Crippen MR) is 64.1 cm³/mol. The first-order chi connectivity index (χ1) is 7.08. The van der Waals surface area contributed by atoms with E-state index in [9.17, 15) is 0 Å². The van der Waals surface area contributed by atoms with Gasteiger partial charge in [0.1, 0.15) is 5.01 Å². The van der Waals surface area contributed by atoms with E-state index in [1.807, 2.05) is 11.6 Å². The van der Waals surface area contributed by atoms with Crippen LogP contribution in [0.25, 0.3) is 0 Å². The summed E-state index contributed by atoms with van der Waals surface area (Å²) in [6.07, 6.45) is 1.89. The van der Waals surface area contributed by atoms with Gasteiger partial charge in [-0.2, -0.15) is 0 Å². The van der Waals surface area contributed by atoms with Gasteiger partial charge >= 0.3 is 0 Å². The van der Waals surface area contributed by atoms with Crippen molar-refractivity contribution in [3.8, 4) is 0 Å². The van der Waals surface area contributed by atoms with Gasteiger partial charge in [0, 0.05) is 36.2 Å². The van der Waals surface area contributed by atoms with E-state index in [4.69, 9.17) is 0 Å². The van der Waals surface area contributed by atoms with E-state index in [1.165, 1.54) is 5.01 Å². The van der Waals surface area contributed by atoms with Crippen molar-refractivity contribution in [3.63, 3.8) is 0 Å². The first-order valence-corrected chi connectivity index (χ1v) is 6.33. The van der Waals surface area contributed by atoms with Gasteiger partial charge in [0.05, 0.1) is 6.54 Å². The lowest BCUT2D eigenvalue weighted by molar-refractivity contribution is 0.0626. The number of hydrogen-bond donors (Lipinski definition) is 1.